The molecule has 0 spiro atoms. The fourth-order valence-electron chi connectivity index (χ4n) is 2.62. The fourth-order valence-corrected chi connectivity index (χ4v) is 2.62. The summed E-state index contributed by atoms with van der Waals surface area (Å²) < 4.78 is 7.24. The summed E-state index contributed by atoms with van der Waals surface area (Å²) in [6, 6.07) is 1.92. The monoisotopic (exact) mass is 224 g/mol. The Balaban J connectivity index is 2.23. The smallest absolute Gasteiger partial charge is 0.109 e. The minimum absolute atomic E-state index is 0.166. The van der Waals surface area contributed by atoms with Crippen LogP contribution in [0.2, 0.25) is 0 Å². The summed E-state index contributed by atoms with van der Waals surface area (Å²) in [7, 11) is 1.72. The number of aliphatic hydroxyl groups is 1. The Morgan fingerprint density at radius 1 is 1.69 bits per heavy atom. The van der Waals surface area contributed by atoms with Gasteiger partial charge in [-0.3, -0.25) is 4.68 Å². The summed E-state index contributed by atoms with van der Waals surface area (Å²) in [5.41, 5.74) is 0.169. The molecule has 1 N–H and O–H groups in total. The lowest BCUT2D eigenvalue weighted by atomic mass is 9.80. The zero-order valence-electron chi connectivity index (χ0n) is 10.0. The lowest BCUT2D eigenvalue weighted by Gasteiger charge is -2.36. The molecule has 0 bridgehead atoms. The number of aryl methyl sites for hydroxylation is 1. The molecule has 16 heavy (non-hydrogen) atoms. The minimum Gasteiger partial charge on any atom is -0.383 e. The van der Waals surface area contributed by atoms with Crippen LogP contribution in [0.4, 0.5) is 0 Å². The quantitative estimate of drug-likeness (QED) is 0.849. The highest BCUT2D eigenvalue weighted by atomic mass is 16.5. The number of methoxy groups -OCH3 is 1. The van der Waals surface area contributed by atoms with Crippen molar-refractivity contribution < 1.29 is 9.84 Å². The molecule has 1 aliphatic rings. The van der Waals surface area contributed by atoms with Crippen LogP contribution in [0.15, 0.2) is 12.3 Å². The van der Waals surface area contributed by atoms with Gasteiger partial charge in [-0.25, -0.2) is 0 Å². The fraction of sp³-hybridized carbons (Fsp3) is 0.750. The minimum atomic E-state index is -0.758. The third-order valence-corrected chi connectivity index (χ3v) is 3.51. The van der Waals surface area contributed by atoms with E-state index in [1.807, 2.05) is 17.7 Å². The molecule has 0 amide bonds. The van der Waals surface area contributed by atoms with Gasteiger partial charge in [-0.15, -0.1) is 0 Å². The lowest BCUT2D eigenvalue weighted by Crippen LogP contribution is -2.37. The number of ether oxygens (including phenoxy) is 1. The van der Waals surface area contributed by atoms with E-state index in [4.69, 9.17) is 4.74 Å². The van der Waals surface area contributed by atoms with Crippen LogP contribution in [0.5, 0.6) is 0 Å². The standard InChI is InChI=1S/C12H20N2O2/c1-3-14-11(6-8-13-14)12(15)7-4-5-10(9-12)16-2/h6,8,10,15H,3-5,7,9H2,1-2H3. The Morgan fingerprint density at radius 2 is 2.50 bits per heavy atom. The first kappa shape index (κ1) is 11.6. The van der Waals surface area contributed by atoms with E-state index in [0.717, 1.165) is 31.5 Å². The van der Waals surface area contributed by atoms with Crippen LogP contribution in [0.1, 0.15) is 38.3 Å². The van der Waals surface area contributed by atoms with Gasteiger partial charge in [0.05, 0.1) is 11.8 Å². The van der Waals surface area contributed by atoms with Crippen LogP contribution < -0.4 is 0 Å². The van der Waals surface area contributed by atoms with Gasteiger partial charge in [-0.05, 0) is 32.3 Å². The summed E-state index contributed by atoms with van der Waals surface area (Å²) in [6.45, 7) is 2.83. The van der Waals surface area contributed by atoms with E-state index in [0.29, 0.717) is 6.42 Å². The van der Waals surface area contributed by atoms with E-state index in [1.165, 1.54) is 0 Å². The number of aromatic nitrogens is 2. The Morgan fingerprint density at radius 3 is 3.19 bits per heavy atom. The number of hydrogen-bond acceptors (Lipinski definition) is 3. The molecule has 0 radical (unpaired) electrons. The third kappa shape index (κ3) is 1.99. The van der Waals surface area contributed by atoms with Crippen molar-refractivity contribution in [3.8, 4) is 0 Å². The molecule has 0 saturated heterocycles. The van der Waals surface area contributed by atoms with E-state index in [-0.39, 0.29) is 6.10 Å². The Kier molecular flexibility index (Phi) is 3.30. The molecular formula is C12H20N2O2. The van der Waals surface area contributed by atoms with Crippen molar-refractivity contribution in [2.45, 2.75) is 50.9 Å². The molecule has 2 unspecified atom stereocenters. The molecule has 1 aromatic rings. The predicted molar refractivity (Wildman–Crippen MR) is 61.1 cm³/mol. The Hall–Kier alpha value is -0.870. The normalized spacial score (nSPS) is 30.6. The second-order valence-corrected chi connectivity index (χ2v) is 4.52. The highest BCUT2D eigenvalue weighted by Gasteiger charge is 2.38. The zero-order chi connectivity index (χ0) is 11.6. The molecule has 0 aromatic carbocycles. The maximum atomic E-state index is 10.7. The first-order valence-electron chi connectivity index (χ1n) is 5.97. The van der Waals surface area contributed by atoms with Crippen molar-refractivity contribution in [3.05, 3.63) is 18.0 Å². The highest BCUT2D eigenvalue weighted by molar-refractivity contribution is 5.13. The van der Waals surface area contributed by atoms with Gasteiger partial charge in [-0.1, -0.05) is 0 Å². The maximum absolute atomic E-state index is 10.7. The van der Waals surface area contributed by atoms with Crippen molar-refractivity contribution in [1.82, 2.24) is 9.78 Å². The number of hydrogen-bond donors (Lipinski definition) is 1. The topological polar surface area (TPSA) is 47.3 Å². The molecule has 4 nitrogen and oxygen atoms in total. The summed E-state index contributed by atoms with van der Waals surface area (Å²) in [6.07, 6.45) is 5.45. The second-order valence-electron chi connectivity index (χ2n) is 4.52. The average Bonchev–Trinajstić information content (AvgIpc) is 2.78. The SMILES string of the molecule is CCn1nccc1C1(O)CCCC(OC)C1. The average molecular weight is 224 g/mol. The summed E-state index contributed by atoms with van der Waals surface area (Å²) >= 11 is 0. The molecule has 1 aromatic heterocycles. The van der Waals surface area contributed by atoms with E-state index in [1.54, 1.807) is 13.3 Å². The van der Waals surface area contributed by atoms with E-state index in [2.05, 4.69) is 5.10 Å². The van der Waals surface area contributed by atoms with Gasteiger partial charge >= 0.3 is 0 Å². The summed E-state index contributed by atoms with van der Waals surface area (Å²) in [5.74, 6) is 0. The lowest BCUT2D eigenvalue weighted by molar-refractivity contribution is -0.0681. The second kappa shape index (κ2) is 4.55. The van der Waals surface area contributed by atoms with Crippen molar-refractivity contribution in [2.24, 2.45) is 0 Å². The van der Waals surface area contributed by atoms with E-state index < -0.39 is 5.60 Å². The van der Waals surface area contributed by atoms with Gasteiger partial charge in [0.25, 0.3) is 0 Å². The van der Waals surface area contributed by atoms with Crippen LogP contribution in [0.25, 0.3) is 0 Å². The third-order valence-electron chi connectivity index (χ3n) is 3.51. The molecule has 1 heterocycles. The van der Waals surface area contributed by atoms with E-state index >= 15 is 0 Å². The summed E-state index contributed by atoms with van der Waals surface area (Å²) in [4.78, 5) is 0. The van der Waals surface area contributed by atoms with Crippen molar-refractivity contribution in [1.29, 1.82) is 0 Å². The van der Waals surface area contributed by atoms with Crippen LogP contribution in [-0.2, 0) is 16.9 Å². The Labute approximate surface area is 96.2 Å². The molecular weight excluding hydrogens is 204 g/mol. The summed E-state index contributed by atoms with van der Waals surface area (Å²) in [5, 5.41) is 14.9. The molecule has 4 heteroatoms. The van der Waals surface area contributed by atoms with Gasteiger partial charge < -0.3 is 9.84 Å². The van der Waals surface area contributed by atoms with Crippen molar-refractivity contribution >= 4 is 0 Å². The number of nitrogens with zero attached hydrogens (tertiary/aromatic N) is 2. The first-order chi connectivity index (χ1) is 7.69. The number of rotatable bonds is 3. The van der Waals surface area contributed by atoms with Crippen LogP contribution in [-0.4, -0.2) is 28.1 Å². The molecule has 0 aliphatic heterocycles. The zero-order valence-corrected chi connectivity index (χ0v) is 10.0. The van der Waals surface area contributed by atoms with Crippen LogP contribution in [0, 0.1) is 0 Å². The molecule has 90 valence electrons. The van der Waals surface area contributed by atoms with Gasteiger partial charge in [0, 0.05) is 26.3 Å². The van der Waals surface area contributed by atoms with Gasteiger partial charge in [-0.2, -0.15) is 5.10 Å². The van der Waals surface area contributed by atoms with Crippen LogP contribution >= 0.6 is 0 Å². The maximum Gasteiger partial charge on any atom is 0.109 e. The van der Waals surface area contributed by atoms with Crippen molar-refractivity contribution in [2.75, 3.05) is 7.11 Å². The molecule has 1 saturated carbocycles. The van der Waals surface area contributed by atoms with E-state index in [9.17, 15) is 5.11 Å². The van der Waals surface area contributed by atoms with Crippen molar-refractivity contribution in [3.63, 3.8) is 0 Å². The molecule has 2 atom stereocenters. The van der Waals surface area contributed by atoms with Gasteiger partial charge in [0.1, 0.15) is 5.60 Å². The molecule has 2 rings (SSSR count). The van der Waals surface area contributed by atoms with Gasteiger partial charge in [0.2, 0.25) is 0 Å². The highest BCUT2D eigenvalue weighted by Crippen LogP contribution is 2.37. The largest absolute Gasteiger partial charge is 0.383 e. The molecule has 1 fully saturated rings. The predicted octanol–water partition coefficient (Wildman–Crippen LogP) is 1.68. The van der Waals surface area contributed by atoms with Gasteiger partial charge in [0.15, 0.2) is 0 Å². The molecule has 1 aliphatic carbocycles. The Bertz CT molecular complexity index is 351. The first-order valence-corrected chi connectivity index (χ1v) is 5.97. The van der Waals surface area contributed by atoms with Crippen LogP contribution in [0.3, 0.4) is 0 Å².